The van der Waals surface area contributed by atoms with Crippen molar-refractivity contribution in [1.29, 1.82) is 0 Å². The van der Waals surface area contributed by atoms with Crippen LogP contribution in [0.3, 0.4) is 0 Å². The maximum atomic E-state index is 12.5. The Labute approximate surface area is 138 Å². The van der Waals surface area contributed by atoms with Crippen molar-refractivity contribution in [3.63, 3.8) is 0 Å². The molecule has 1 amide bonds. The van der Waals surface area contributed by atoms with Gasteiger partial charge >= 0.3 is 0 Å². The molecule has 0 saturated carbocycles. The Kier molecular flexibility index (Phi) is 4.51. The van der Waals surface area contributed by atoms with Crippen molar-refractivity contribution in [2.24, 2.45) is 0 Å². The Balaban J connectivity index is 1.66. The van der Waals surface area contributed by atoms with E-state index in [4.69, 9.17) is 4.42 Å². The average molecular weight is 355 g/mol. The molecule has 23 heavy (non-hydrogen) atoms. The van der Waals surface area contributed by atoms with Crippen LogP contribution in [0.1, 0.15) is 17.4 Å². The molecule has 0 spiro atoms. The molecule has 0 atom stereocenters. The van der Waals surface area contributed by atoms with Gasteiger partial charge in [-0.05, 0) is 19.1 Å². The number of amides is 1. The highest BCUT2D eigenvalue weighted by molar-refractivity contribution is 7.89. The molecule has 3 rings (SSSR count). The summed E-state index contributed by atoms with van der Waals surface area (Å²) >= 11 is 1.35. The molecule has 1 fully saturated rings. The Bertz CT molecular complexity index is 775. The number of carbonyl (C=O) groups is 1. The van der Waals surface area contributed by atoms with E-state index >= 15 is 0 Å². The summed E-state index contributed by atoms with van der Waals surface area (Å²) in [6, 6.07) is 3.56. The van der Waals surface area contributed by atoms with Gasteiger partial charge in [0.1, 0.15) is 5.69 Å². The zero-order valence-corrected chi connectivity index (χ0v) is 14.3. The lowest BCUT2D eigenvalue weighted by atomic mass is 10.3. The normalized spacial score (nSPS) is 16.7. The molecule has 0 radical (unpaired) electrons. The van der Waals surface area contributed by atoms with Gasteiger partial charge in [-0.25, -0.2) is 13.4 Å². The van der Waals surface area contributed by atoms with Gasteiger partial charge in [0.25, 0.3) is 5.91 Å². The van der Waals surface area contributed by atoms with Gasteiger partial charge in [-0.1, -0.05) is 0 Å². The molecule has 1 saturated heterocycles. The highest BCUT2D eigenvalue weighted by Gasteiger charge is 2.29. The monoisotopic (exact) mass is 355 g/mol. The molecular weight excluding hydrogens is 338 g/mol. The van der Waals surface area contributed by atoms with Crippen molar-refractivity contribution in [3.8, 4) is 10.8 Å². The van der Waals surface area contributed by atoms with Crippen LogP contribution in [0.4, 0.5) is 0 Å². The van der Waals surface area contributed by atoms with E-state index in [1.165, 1.54) is 15.6 Å². The Hall–Kier alpha value is -1.71. The maximum absolute atomic E-state index is 12.5. The fourth-order valence-corrected chi connectivity index (χ4v) is 4.24. The molecule has 9 heteroatoms. The molecule has 1 aliphatic heterocycles. The van der Waals surface area contributed by atoms with Crippen molar-refractivity contribution >= 4 is 27.3 Å². The van der Waals surface area contributed by atoms with Gasteiger partial charge in [0.05, 0.1) is 12.0 Å². The number of hydrogen-bond donors (Lipinski definition) is 0. The molecular formula is C14H17N3O4S2. The van der Waals surface area contributed by atoms with Gasteiger partial charge in [-0.15, -0.1) is 11.3 Å². The third kappa shape index (κ3) is 3.31. The Morgan fingerprint density at radius 2 is 2.09 bits per heavy atom. The second-order valence-corrected chi connectivity index (χ2v) is 8.22. The first-order valence-electron chi connectivity index (χ1n) is 7.28. The molecule has 7 nitrogen and oxygen atoms in total. The quantitative estimate of drug-likeness (QED) is 0.830. The topological polar surface area (TPSA) is 83.7 Å². The van der Waals surface area contributed by atoms with Crippen LogP contribution in [0.5, 0.6) is 0 Å². The van der Waals surface area contributed by atoms with Gasteiger partial charge in [-0.2, -0.15) is 4.31 Å². The number of aromatic nitrogens is 1. The minimum atomic E-state index is -3.19. The summed E-state index contributed by atoms with van der Waals surface area (Å²) in [5.41, 5.74) is 0.369. The fourth-order valence-electron chi connectivity index (χ4n) is 2.40. The van der Waals surface area contributed by atoms with Crippen molar-refractivity contribution < 1.29 is 17.6 Å². The molecule has 0 aromatic carbocycles. The fraction of sp³-hybridized carbons (Fsp3) is 0.429. The summed E-state index contributed by atoms with van der Waals surface area (Å²) in [6.07, 6.45) is 1.56. The predicted molar refractivity (Wildman–Crippen MR) is 86.8 cm³/mol. The minimum Gasteiger partial charge on any atom is -0.462 e. The summed E-state index contributed by atoms with van der Waals surface area (Å²) < 4.78 is 30.4. The van der Waals surface area contributed by atoms with E-state index < -0.39 is 10.0 Å². The number of thiazole rings is 1. The maximum Gasteiger partial charge on any atom is 0.273 e. The Morgan fingerprint density at radius 1 is 1.35 bits per heavy atom. The lowest BCUT2D eigenvalue weighted by Crippen LogP contribution is -2.50. The van der Waals surface area contributed by atoms with E-state index in [1.807, 2.05) is 0 Å². The van der Waals surface area contributed by atoms with E-state index in [0.717, 1.165) is 0 Å². The third-order valence-corrected chi connectivity index (χ3v) is 6.48. The molecule has 124 valence electrons. The van der Waals surface area contributed by atoms with Gasteiger partial charge in [0, 0.05) is 31.6 Å². The van der Waals surface area contributed by atoms with Crippen LogP contribution in [-0.4, -0.2) is 60.4 Å². The molecule has 2 aromatic heterocycles. The van der Waals surface area contributed by atoms with Crippen LogP contribution in [0.2, 0.25) is 0 Å². The van der Waals surface area contributed by atoms with E-state index in [2.05, 4.69) is 4.98 Å². The smallest absolute Gasteiger partial charge is 0.273 e. The summed E-state index contributed by atoms with van der Waals surface area (Å²) in [4.78, 5) is 18.4. The molecule has 0 unspecified atom stereocenters. The van der Waals surface area contributed by atoms with Crippen LogP contribution in [-0.2, 0) is 10.0 Å². The number of furan rings is 1. The molecule has 1 aliphatic rings. The Morgan fingerprint density at radius 3 is 2.70 bits per heavy atom. The van der Waals surface area contributed by atoms with Gasteiger partial charge < -0.3 is 9.32 Å². The lowest BCUT2D eigenvalue weighted by Gasteiger charge is -2.33. The molecule has 3 heterocycles. The second kappa shape index (κ2) is 6.42. The molecule has 0 aliphatic carbocycles. The van der Waals surface area contributed by atoms with Crippen molar-refractivity contribution in [2.75, 3.05) is 31.9 Å². The minimum absolute atomic E-state index is 0.0829. The first-order chi connectivity index (χ1) is 11.0. The zero-order valence-electron chi connectivity index (χ0n) is 12.6. The molecule has 2 aromatic rings. The van der Waals surface area contributed by atoms with E-state index in [0.29, 0.717) is 42.6 Å². The summed E-state index contributed by atoms with van der Waals surface area (Å²) in [5, 5.41) is 2.36. The van der Waals surface area contributed by atoms with E-state index in [-0.39, 0.29) is 11.7 Å². The van der Waals surface area contributed by atoms with Crippen molar-refractivity contribution in [1.82, 2.24) is 14.2 Å². The van der Waals surface area contributed by atoms with Crippen LogP contribution >= 0.6 is 11.3 Å². The first-order valence-corrected chi connectivity index (χ1v) is 9.76. The van der Waals surface area contributed by atoms with Crippen LogP contribution in [0.25, 0.3) is 10.8 Å². The SMILES string of the molecule is CCS(=O)(=O)N1CCN(C(=O)c2csc(-c3ccco3)n2)CC1. The third-order valence-electron chi connectivity index (χ3n) is 3.74. The predicted octanol–water partition coefficient (Wildman–Crippen LogP) is 1.51. The average Bonchev–Trinajstić information content (AvgIpc) is 3.25. The van der Waals surface area contributed by atoms with Crippen molar-refractivity contribution in [3.05, 3.63) is 29.5 Å². The summed E-state index contributed by atoms with van der Waals surface area (Å²) in [5.74, 6) is 0.542. The summed E-state index contributed by atoms with van der Waals surface area (Å²) in [7, 11) is -3.19. The highest BCUT2D eigenvalue weighted by atomic mass is 32.2. The van der Waals surface area contributed by atoms with Gasteiger partial charge in [0.2, 0.25) is 10.0 Å². The molecule has 0 N–H and O–H groups in total. The number of rotatable bonds is 4. The van der Waals surface area contributed by atoms with Crippen LogP contribution < -0.4 is 0 Å². The van der Waals surface area contributed by atoms with Gasteiger partial charge in [0.15, 0.2) is 10.8 Å². The summed E-state index contributed by atoms with van der Waals surface area (Å²) in [6.45, 7) is 3.05. The lowest BCUT2D eigenvalue weighted by molar-refractivity contribution is 0.0693. The number of nitrogens with zero attached hydrogens (tertiary/aromatic N) is 3. The van der Waals surface area contributed by atoms with E-state index in [1.54, 1.807) is 35.6 Å². The highest BCUT2D eigenvalue weighted by Crippen LogP contribution is 2.24. The van der Waals surface area contributed by atoms with Crippen molar-refractivity contribution in [2.45, 2.75) is 6.92 Å². The van der Waals surface area contributed by atoms with Gasteiger partial charge in [-0.3, -0.25) is 4.79 Å². The second-order valence-electron chi connectivity index (χ2n) is 5.11. The van der Waals surface area contributed by atoms with Crippen LogP contribution in [0, 0.1) is 0 Å². The number of sulfonamides is 1. The molecule has 0 bridgehead atoms. The number of piperazine rings is 1. The number of carbonyl (C=O) groups excluding carboxylic acids is 1. The standard InChI is InChI=1S/C14H17N3O4S2/c1-2-23(19,20)17-7-5-16(6-8-17)14(18)11-10-22-13(15-11)12-4-3-9-21-12/h3-4,9-10H,2,5-8H2,1H3. The van der Waals surface area contributed by atoms with E-state index in [9.17, 15) is 13.2 Å². The largest absolute Gasteiger partial charge is 0.462 e. The van der Waals surface area contributed by atoms with Crippen LogP contribution in [0.15, 0.2) is 28.2 Å². The zero-order chi connectivity index (χ0) is 16.4. The number of hydrogen-bond acceptors (Lipinski definition) is 6. The first kappa shape index (κ1) is 16.2.